The number of H-pyrrole nitrogens is 1. The number of aromatic nitrogens is 5. The Bertz CT molecular complexity index is 997. The number of thioether (sulfide) groups is 1. The molecule has 8 nitrogen and oxygen atoms in total. The van der Waals surface area contributed by atoms with Crippen LogP contribution in [0.4, 0.5) is 0 Å². The molecule has 0 unspecified atom stereocenters. The number of carbonyl (C=O) groups excluding carboxylic acids is 1. The number of aryl methyl sites for hydroxylation is 1. The van der Waals surface area contributed by atoms with Crippen LogP contribution in [-0.4, -0.2) is 36.8 Å². The lowest BCUT2D eigenvalue weighted by Crippen LogP contribution is -2.26. The van der Waals surface area contributed by atoms with Crippen LogP contribution in [0.5, 0.6) is 0 Å². The van der Waals surface area contributed by atoms with E-state index in [1.54, 1.807) is 24.0 Å². The van der Waals surface area contributed by atoms with E-state index in [0.29, 0.717) is 35.3 Å². The van der Waals surface area contributed by atoms with E-state index in [2.05, 4.69) is 25.1 Å². The van der Waals surface area contributed by atoms with Crippen molar-refractivity contribution in [1.29, 1.82) is 0 Å². The average molecular weight is 405 g/mol. The van der Waals surface area contributed by atoms with Crippen LogP contribution in [0.15, 0.2) is 34.1 Å². The molecule has 10 heteroatoms. The van der Waals surface area contributed by atoms with Crippen molar-refractivity contribution in [2.75, 3.05) is 6.54 Å². The van der Waals surface area contributed by atoms with Crippen LogP contribution < -0.4 is 5.32 Å². The zero-order chi connectivity index (χ0) is 18.8. The Hall–Kier alpha value is -2.33. The van der Waals surface area contributed by atoms with Crippen LogP contribution in [0.1, 0.15) is 41.0 Å². The molecule has 0 aromatic carbocycles. The van der Waals surface area contributed by atoms with E-state index in [1.165, 1.54) is 0 Å². The predicted octanol–water partition coefficient (Wildman–Crippen LogP) is 2.87. The van der Waals surface area contributed by atoms with E-state index < -0.39 is 0 Å². The molecule has 27 heavy (non-hydrogen) atoms. The third-order valence-electron chi connectivity index (χ3n) is 4.33. The second kappa shape index (κ2) is 7.73. The van der Waals surface area contributed by atoms with Crippen LogP contribution in [0.25, 0.3) is 0 Å². The zero-order valence-electron chi connectivity index (χ0n) is 14.8. The predicted molar refractivity (Wildman–Crippen MR) is 103 cm³/mol. The van der Waals surface area contributed by atoms with Gasteiger partial charge in [0, 0.05) is 38.4 Å². The van der Waals surface area contributed by atoms with E-state index in [9.17, 15) is 4.79 Å². The molecular formula is C17H20N6O2S2. The van der Waals surface area contributed by atoms with Gasteiger partial charge in [0.05, 0.1) is 5.75 Å². The van der Waals surface area contributed by atoms with Crippen LogP contribution in [0.3, 0.4) is 0 Å². The molecule has 3 aromatic rings. The molecule has 2 N–H and O–H groups in total. The summed E-state index contributed by atoms with van der Waals surface area (Å²) >= 11 is 6.83. The number of amides is 1. The summed E-state index contributed by atoms with van der Waals surface area (Å²) in [5.74, 6) is 2.33. The number of imidazole rings is 1. The minimum atomic E-state index is -0.227. The quantitative estimate of drug-likeness (QED) is 0.443. The lowest BCUT2D eigenvalue weighted by Gasteiger charge is -2.05. The van der Waals surface area contributed by atoms with Gasteiger partial charge in [0.1, 0.15) is 11.6 Å². The second-order valence-electron chi connectivity index (χ2n) is 6.43. The summed E-state index contributed by atoms with van der Waals surface area (Å²) in [6.07, 6.45) is 6.55. The Morgan fingerprint density at radius 2 is 2.33 bits per heavy atom. The van der Waals surface area contributed by atoms with Gasteiger partial charge in [-0.25, -0.2) is 4.98 Å². The maximum atomic E-state index is 12.3. The molecule has 4 rings (SSSR count). The average Bonchev–Trinajstić information content (AvgIpc) is 3.05. The van der Waals surface area contributed by atoms with Crippen LogP contribution in [0.2, 0.25) is 0 Å². The van der Waals surface area contributed by atoms with Crippen LogP contribution in [-0.2, 0) is 19.2 Å². The number of nitrogens with one attached hydrogen (secondary N) is 2. The molecule has 1 aliphatic carbocycles. The van der Waals surface area contributed by atoms with Gasteiger partial charge >= 0.3 is 0 Å². The molecule has 3 heterocycles. The van der Waals surface area contributed by atoms with Crippen molar-refractivity contribution < 1.29 is 9.21 Å². The van der Waals surface area contributed by atoms with Gasteiger partial charge in [0.15, 0.2) is 15.7 Å². The maximum absolute atomic E-state index is 12.3. The Balaban J connectivity index is 1.28. The van der Waals surface area contributed by atoms with Gasteiger partial charge in [-0.15, -0.1) is 0 Å². The Kier molecular flexibility index (Phi) is 5.17. The number of rotatable bonds is 8. The highest BCUT2D eigenvalue weighted by atomic mass is 32.2. The lowest BCUT2D eigenvalue weighted by atomic mass is 10.3. The van der Waals surface area contributed by atoms with Crippen molar-refractivity contribution in [3.63, 3.8) is 0 Å². The standard InChI is InChI=1S/C17H20N6O2S2/c1-22-9-8-19-17(22)27-10-12-4-5-13(25-12)15(24)18-7-6-14-20-21-16(26)23(14)11-2-3-11/h4-5,8-9,11H,2-3,6-7,10H2,1H3,(H,18,24)(H,21,26). The highest BCUT2D eigenvalue weighted by Gasteiger charge is 2.27. The summed E-state index contributed by atoms with van der Waals surface area (Å²) in [4.78, 5) is 16.5. The van der Waals surface area contributed by atoms with Gasteiger partial charge in [-0.3, -0.25) is 9.89 Å². The summed E-state index contributed by atoms with van der Waals surface area (Å²) in [5, 5.41) is 10.9. The van der Waals surface area contributed by atoms with E-state index in [0.717, 1.165) is 29.6 Å². The molecule has 142 valence electrons. The Morgan fingerprint density at radius 1 is 1.48 bits per heavy atom. The summed E-state index contributed by atoms with van der Waals surface area (Å²) in [5.41, 5.74) is 0. The number of aromatic amines is 1. The molecule has 0 aliphatic heterocycles. The number of hydrogen-bond donors (Lipinski definition) is 2. The molecule has 0 radical (unpaired) electrons. The first kappa shape index (κ1) is 18.1. The van der Waals surface area contributed by atoms with Crippen molar-refractivity contribution in [2.24, 2.45) is 7.05 Å². The highest BCUT2D eigenvalue weighted by molar-refractivity contribution is 7.98. The molecule has 1 aliphatic rings. The van der Waals surface area contributed by atoms with Crippen LogP contribution >= 0.6 is 24.0 Å². The van der Waals surface area contributed by atoms with Gasteiger partial charge in [0.25, 0.3) is 5.91 Å². The maximum Gasteiger partial charge on any atom is 0.287 e. The SMILES string of the molecule is Cn1ccnc1SCc1ccc(C(=O)NCCc2n[nH]c(=S)n2C2CC2)o1. The number of furan rings is 1. The molecule has 3 aromatic heterocycles. The molecule has 1 saturated carbocycles. The summed E-state index contributed by atoms with van der Waals surface area (Å²) in [6.45, 7) is 0.475. The van der Waals surface area contributed by atoms with Crippen molar-refractivity contribution in [3.05, 3.63) is 46.6 Å². The van der Waals surface area contributed by atoms with Crippen LogP contribution in [0, 0.1) is 4.77 Å². The highest BCUT2D eigenvalue weighted by Crippen LogP contribution is 2.35. The fourth-order valence-electron chi connectivity index (χ4n) is 2.80. The Labute approximate surface area is 165 Å². The Morgan fingerprint density at radius 3 is 3.07 bits per heavy atom. The minimum Gasteiger partial charge on any atom is -0.455 e. The second-order valence-corrected chi connectivity index (χ2v) is 7.76. The summed E-state index contributed by atoms with van der Waals surface area (Å²) in [7, 11) is 1.94. The topological polar surface area (TPSA) is 93.7 Å². The molecule has 0 spiro atoms. The molecular weight excluding hydrogens is 384 g/mol. The van der Waals surface area contributed by atoms with Crippen molar-refractivity contribution in [2.45, 2.75) is 36.2 Å². The van der Waals surface area contributed by atoms with Gasteiger partial charge in [-0.2, -0.15) is 5.10 Å². The van der Waals surface area contributed by atoms with E-state index in [4.69, 9.17) is 16.6 Å². The fraction of sp³-hybridized carbons (Fsp3) is 0.412. The molecule has 1 fully saturated rings. The van der Waals surface area contributed by atoms with E-state index in [-0.39, 0.29) is 5.91 Å². The molecule has 0 atom stereocenters. The zero-order valence-corrected chi connectivity index (χ0v) is 16.5. The van der Waals surface area contributed by atoms with E-state index in [1.807, 2.05) is 23.9 Å². The molecule has 1 amide bonds. The number of carbonyl (C=O) groups is 1. The van der Waals surface area contributed by atoms with Gasteiger partial charge in [-0.05, 0) is 37.2 Å². The summed E-state index contributed by atoms with van der Waals surface area (Å²) < 4.78 is 10.3. The molecule has 0 bridgehead atoms. The van der Waals surface area contributed by atoms with E-state index >= 15 is 0 Å². The third kappa shape index (κ3) is 4.16. The fourth-order valence-corrected chi connectivity index (χ4v) is 3.93. The molecule has 0 saturated heterocycles. The van der Waals surface area contributed by atoms with Gasteiger partial charge in [0.2, 0.25) is 0 Å². The van der Waals surface area contributed by atoms with Gasteiger partial charge in [-0.1, -0.05) is 11.8 Å². The third-order valence-corrected chi connectivity index (χ3v) is 5.70. The van der Waals surface area contributed by atoms with Crippen molar-refractivity contribution in [3.8, 4) is 0 Å². The largest absolute Gasteiger partial charge is 0.455 e. The van der Waals surface area contributed by atoms with Gasteiger partial charge < -0.3 is 18.9 Å². The minimum absolute atomic E-state index is 0.227. The monoisotopic (exact) mass is 404 g/mol. The number of nitrogens with zero attached hydrogens (tertiary/aromatic N) is 4. The van der Waals surface area contributed by atoms with Crippen molar-refractivity contribution in [1.82, 2.24) is 29.6 Å². The normalized spacial score (nSPS) is 13.8. The summed E-state index contributed by atoms with van der Waals surface area (Å²) in [6, 6.07) is 3.98. The first-order chi connectivity index (χ1) is 13.1. The number of hydrogen-bond acceptors (Lipinski definition) is 6. The first-order valence-electron chi connectivity index (χ1n) is 8.74. The lowest BCUT2D eigenvalue weighted by molar-refractivity contribution is 0.0925. The smallest absolute Gasteiger partial charge is 0.287 e. The van der Waals surface area contributed by atoms with Crippen molar-refractivity contribution >= 4 is 29.9 Å². The first-order valence-corrected chi connectivity index (χ1v) is 10.1.